The minimum absolute atomic E-state index is 0.105. The van der Waals surface area contributed by atoms with Crippen molar-refractivity contribution in [1.29, 1.82) is 0 Å². The number of nitrogens with zero attached hydrogens (tertiary/aromatic N) is 2. The molecule has 4 heteroatoms. The molecule has 0 aromatic rings. The molecule has 1 rings (SSSR count). The van der Waals surface area contributed by atoms with E-state index in [0.29, 0.717) is 6.54 Å². The molecule has 0 aromatic heterocycles. The van der Waals surface area contributed by atoms with Gasteiger partial charge in [-0.25, -0.2) is 4.79 Å². The molecule has 1 fully saturated rings. The molecule has 0 saturated heterocycles. The van der Waals surface area contributed by atoms with E-state index in [1.165, 1.54) is 25.7 Å². The number of rotatable bonds is 6. The normalized spacial score (nSPS) is 18.4. The first kappa shape index (κ1) is 17.3. The van der Waals surface area contributed by atoms with E-state index in [9.17, 15) is 4.79 Å². The average molecular weight is 283 g/mol. The second-order valence-electron chi connectivity index (χ2n) is 5.95. The zero-order valence-corrected chi connectivity index (χ0v) is 13.7. The minimum atomic E-state index is -0.105. The summed E-state index contributed by atoms with van der Waals surface area (Å²) in [7, 11) is 0. The summed E-state index contributed by atoms with van der Waals surface area (Å²) in [4.78, 5) is 16.9. The molecular weight excluding hydrogens is 250 g/mol. The Labute approximate surface area is 124 Å². The highest BCUT2D eigenvalue weighted by Crippen LogP contribution is 2.32. The van der Waals surface area contributed by atoms with Crippen molar-refractivity contribution in [3.8, 4) is 0 Å². The van der Waals surface area contributed by atoms with Crippen LogP contribution in [-0.2, 0) is 0 Å². The standard InChI is InChI=1S/C16H33N3O/c1-4-13-19(15(20)18(5-2)6-3)16(14-17)11-9-7-8-10-12-16/h4-14,17H2,1-3H3. The third kappa shape index (κ3) is 3.87. The Hall–Kier alpha value is -0.770. The van der Waals surface area contributed by atoms with Gasteiger partial charge in [-0.05, 0) is 33.1 Å². The fourth-order valence-corrected chi connectivity index (χ4v) is 3.40. The summed E-state index contributed by atoms with van der Waals surface area (Å²) in [5.74, 6) is 0. The summed E-state index contributed by atoms with van der Waals surface area (Å²) >= 11 is 0. The number of nitrogens with two attached hydrogens (primary N) is 1. The van der Waals surface area contributed by atoms with Crippen molar-refractivity contribution in [2.24, 2.45) is 5.73 Å². The zero-order valence-electron chi connectivity index (χ0n) is 13.7. The molecule has 0 bridgehead atoms. The van der Waals surface area contributed by atoms with Crippen molar-refractivity contribution in [3.05, 3.63) is 0 Å². The van der Waals surface area contributed by atoms with Gasteiger partial charge in [-0.15, -0.1) is 0 Å². The van der Waals surface area contributed by atoms with Crippen LogP contribution in [0.15, 0.2) is 0 Å². The van der Waals surface area contributed by atoms with E-state index in [2.05, 4.69) is 11.8 Å². The molecule has 0 atom stereocenters. The summed E-state index contributed by atoms with van der Waals surface area (Å²) in [6.45, 7) is 9.21. The summed E-state index contributed by atoms with van der Waals surface area (Å²) < 4.78 is 0. The number of carbonyl (C=O) groups excluding carboxylic acids is 1. The van der Waals surface area contributed by atoms with Crippen LogP contribution in [0.5, 0.6) is 0 Å². The predicted octanol–water partition coefficient (Wildman–Crippen LogP) is 3.21. The van der Waals surface area contributed by atoms with Crippen molar-refractivity contribution in [1.82, 2.24) is 9.80 Å². The molecule has 0 unspecified atom stereocenters. The van der Waals surface area contributed by atoms with Crippen LogP contribution in [0.3, 0.4) is 0 Å². The fourth-order valence-electron chi connectivity index (χ4n) is 3.40. The Morgan fingerprint density at radius 3 is 2.00 bits per heavy atom. The van der Waals surface area contributed by atoms with Gasteiger partial charge in [-0.1, -0.05) is 32.6 Å². The molecule has 1 aliphatic carbocycles. The Balaban J connectivity index is 2.98. The van der Waals surface area contributed by atoms with Crippen LogP contribution in [0.1, 0.15) is 65.7 Å². The SMILES string of the molecule is CCCN(C(=O)N(CC)CC)C1(CN)CCCCCC1. The highest BCUT2D eigenvalue weighted by Gasteiger charge is 2.39. The van der Waals surface area contributed by atoms with Gasteiger partial charge in [0.05, 0.1) is 5.54 Å². The lowest BCUT2D eigenvalue weighted by Crippen LogP contribution is -2.59. The molecule has 20 heavy (non-hydrogen) atoms. The summed E-state index contributed by atoms with van der Waals surface area (Å²) in [6, 6.07) is 0.184. The van der Waals surface area contributed by atoms with E-state index >= 15 is 0 Å². The van der Waals surface area contributed by atoms with Crippen LogP contribution in [0.25, 0.3) is 0 Å². The zero-order chi connectivity index (χ0) is 15.0. The highest BCUT2D eigenvalue weighted by atomic mass is 16.2. The average Bonchev–Trinajstić information content (AvgIpc) is 2.72. The van der Waals surface area contributed by atoms with E-state index in [4.69, 9.17) is 5.73 Å². The van der Waals surface area contributed by atoms with Crippen molar-refractivity contribution in [2.45, 2.75) is 71.3 Å². The van der Waals surface area contributed by atoms with Gasteiger partial charge in [-0.2, -0.15) is 0 Å². The lowest BCUT2D eigenvalue weighted by Gasteiger charge is -2.45. The molecule has 0 heterocycles. The van der Waals surface area contributed by atoms with Gasteiger partial charge >= 0.3 is 6.03 Å². The molecule has 0 radical (unpaired) electrons. The van der Waals surface area contributed by atoms with Crippen LogP contribution in [0.4, 0.5) is 4.79 Å². The van der Waals surface area contributed by atoms with E-state index in [1.807, 2.05) is 18.7 Å². The first-order valence-corrected chi connectivity index (χ1v) is 8.41. The van der Waals surface area contributed by atoms with Gasteiger partial charge in [-0.3, -0.25) is 0 Å². The maximum Gasteiger partial charge on any atom is 0.320 e. The smallest absolute Gasteiger partial charge is 0.320 e. The van der Waals surface area contributed by atoms with Crippen LogP contribution in [-0.4, -0.2) is 47.5 Å². The van der Waals surface area contributed by atoms with Crippen molar-refractivity contribution in [2.75, 3.05) is 26.2 Å². The molecule has 0 aliphatic heterocycles. The number of hydrogen-bond donors (Lipinski definition) is 1. The summed E-state index contributed by atoms with van der Waals surface area (Å²) in [6.07, 6.45) is 8.08. The molecular formula is C16H33N3O. The van der Waals surface area contributed by atoms with Crippen LogP contribution in [0, 0.1) is 0 Å². The van der Waals surface area contributed by atoms with Crippen molar-refractivity contribution < 1.29 is 4.79 Å². The van der Waals surface area contributed by atoms with E-state index in [0.717, 1.165) is 38.9 Å². The molecule has 1 saturated carbocycles. The van der Waals surface area contributed by atoms with Gasteiger partial charge in [0.15, 0.2) is 0 Å². The van der Waals surface area contributed by atoms with E-state index in [-0.39, 0.29) is 11.6 Å². The van der Waals surface area contributed by atoms with Gasteiger partial charge in [0.25, 0.3) is 0 Å². The van der Waals surface area contributed by atoms with Gasteiger partial charge in [0.2, 0.25) is 0 Å². The maximum absolute atomic E-state index is 12.9. The van der Waals surface area contributed by atoms with Crippen LogP contribution >= 0.6 is 0 Å². The predicted molar refractivity (Wildman–Crippen MR) is 84.8 cm³/mol. The van der Waals surface area contributed by atoms with Crippen LogP contribution in [0.2, 0.25) is 0 Å². The first-order valence-electron chi connectivity index (χ1n) is 8.41. The topological polar surface area (TPSA) is 49.6 Å². The van der Waals surface area contributed by atoms with Gasteiger partial charge < -0.3 is 15.5 Å². The highest BCUT2D eigenvalue weighted by molar-refractivity contribution is 5.75. The third-order valence-electron chi connectivity index (χ3n) is 4.70. The third-order valence-corrected chi connectivity index (χ3v) is 4.70. The summed E-state index contributed by atoms with van der Waals surface area (Å²) in [5, 5.41) is 0. The molecule has 2 N–H and O–H groups in total. The Morgan fingerprint density at radius 2 is 1.60 bits per heavy atom. The molecule has 118 valence electrons. The lowest BCUT2D eigenvalue weighted by molar-refractivity contribution is 0.0784. The first-order chi connectivity index (χ1) is 9.65. The molecule has 0 aromatic carbocycles. The van der Waals surface area contributed by atoms with E-state index in [1.54, 1.807) is 0 Å². The number of amides is 2. The van der Waals surface area contributed by atoms with Gasteiger partial charge in [0.1, 0.15) is 0 Å². The molecule has 0 spiro atoms. The molecule has 4 nitrogen and oxygen atoms in total. The lowest BCUT2D eigenvalue weighted by atomic mass is 9.88. The monoisotopic (exact) mass is 283 g/mol. The van der Waals surface area contributed by atoms with Crippen LogP contribution < -0.4 is 5.73 Å². The van der Waals surface area contributed by atoms with Gasteiger partial charge in [0, 0.05) is 26.2 Å². The largest absolute Gasteiger partial charge is 0.328 e. The Kier molecular flexibility index (Phi) is 7.35. The maximum atomic E-state index is 12.9. The number of hydrogen-bond acceptors (Lipinski definition) is 2. The molecule has 2 amide bonds. The minimum Gasteiger partial charge on any atom is -0.328 e. The number of carbonyl (C=O) groups is 1. The van der Waals surface area contributed by atoms with E-state index < -0.39 is 0 Å². The quantitative estimate of drug-likeness (QED) is 0.761. The second-order valence-corrected chi connectivity index (χ2v) is 5.95. The molecule has 1 aliphatic rings. The number of urea groups is 1. The van der Waals surface area contributed by atoms with Crippen molar-refractivity contribution >= 4 is 6.03 Å². The van der Waals surface area contributed by atoms with Crippen molar-refractivity contribution in [3.63, 3.8) is 0 Å². The Morgan fingerprint density at radius 1 is 1.05 bits per heavy atom. The summed E-state index contributed by atoms with van der Waals surface area (Å²) in [5.41, 5.74) is 6.04. The Bertz CT molecular complexity index is 281. The fraction of sp³-hybridized carbons (Fsp3) is 0.938. The second kappa shape index (κ2) is 8.50.